The molecule has 0 spiro atoms. The lowest BCUT2D eigenvalue weighted by Crippen LogP contribution is -2.46. The zero-order chi connectivity index (χ0) is 45.2. The van der Waals surface area contributed by atoms with Crippen LogP contribution in [-0.2, 0) is 14.3 Å². The van der Waals surface area contributed by atoms with Gasteiger partial charge in [0.05, 0.1) is 25.2 Å². The molecule has 0 aromatic heterocycles. The van der Waals surface area contributed by atoms with E-state index >= 15 is 0 Å². The minimum atomic E-state index is -0.804. The van der Waals surface area contributed by atoms with Gasteiger partial charge in [0, 0.05) is 6.42 Å². The Balaban J connectivity index is 4.72. The maximum absolute atomic E-state index is 13.2. The number of unbranched alkanes of at least 4 members (excludes halogenated alkanes) is 22. The predicted molar refractivity (Wildman–Crippen MR) is 268 cm³/mol. The van der Waals surface area contributed by atoms with Gasteiger partial charge in [0.2, 0.25) is 5.91 Å². The molecule has 0 aromatic carbocycles. The van der Waals surface area contributed by atoms with Crippen LogP contribution in [-0.4, -0.2) is 46.9 Å². The Morgan fingerprint density at radius 2 is 0.935 bits per heavy atom. The van der Waals surface area contributed by atoms with E-state index in [1.807, 2.05) is 6.08 Å². The summed E-state index contributed by atoms with van der Waals surface area (Å²) in [5, 5.41) is 23.7. The van der Waals surface area contributed by atoms with Crippen molar-refractivity contribution in [2.24, 2.45) is 0 Å². The summed E-state index contributed by atoms with van der Waals surface area (Å²) in [6.45, 7) is 6.31. The molecule has 62 heavy (non-hydrogen) atoms. The largest absolute Gasteiger partial charge is 0.462 e. The summed E-state index contributed by atoms with van der Waals surface area (Å²) in [4.78, 5) is 26.1. The molecule has 3 unspecified atom stereocenters. The Hall–Kier alpha value is -2.96. The zero-order valence-corrected chi connectivity index (χ0v) is 40.5. The Bertz CT molecular complexity index is 1200. The topological polar surface area (TPSA) is 95.9 Å². The van der Waals surface area contributed by atoms with Gasteiger partial charge >= 0.3 is 5.97 Å². The number of hydrogen-bond donors (Lipinski definition) is 3. The molecule has 0 saturated heterocycles. The number of allylic oxidation sites excluding steroid dienone is 14. The molecule has 3 N–H and O–H groups in total. The molecular weight excluding hydrogens is 767 g/mol. The molecule has 0 aromatic rings. The first-order valence-corrected chi connectivity index (χ1v) is 25.9. The van der Waals surface area contributed by atoms with E-state index in [0.717, 1.165) is 96.3 Å². The molecule has 0 bridgehead atoms. The maximum Gasteiger partial charge on any atom is 0.306 e. The Morgan fingerprint density at radius 1 is 0.500 bits per heavy atom. The van der Waals surface area contributed by atoms with Gasteiger partial charge in [-0.25, -0.2) is 0 Å². The van der Waals surface area contributed by atoms with Crippen LogP contribution in [0, 0.1) is 0 Å². The summed E-state index contributed by atoms with van der Waals surface area (Å²) in [5.74, 6) is -0.531. The van der Waals surface area contributed by atoms with Crippen molar-refractivity contribution in [2.75, 3.05) is 6.61 Å². The highest BCUT2D eigenvalue weighted by Gasteiger charge is 2.24. The first-order chi connectivity index (χ1) is 30.5. The van der Waals surface area contributed by atoms with Crippen LogP contribution < -0.4 is 5.32 Å². The van der Waals surface area contributed by atoms with Crippen LogP contribution in [0.25, 0.3) is 0 Å². The molecule has 0 radical (unpaired) electrons. The minimum Gasteiger partial charge on any atom is -0.462 e. The lowest BCUT2D eigenvalue weighted by atomic mass is 10.0. The second kappa shape index (κ2) is 49.1. The lowest BCUT2D eigenvalue weighted by Gasteiger charge is -2.24. The van der Waals surface area contributed by atoms with Crippen molar-refractivity contribution in [1.82, 2.24) is 5.32 Å². The summed E-state index contributed by atoms with van der Waals surface area (Å²) in [6, 6.07) is -0.721. The Kier molecular flexibility index (Phi) is 46.7. The average molecular weight is 864 g/mol. The fraction of sp³-hybridized carbons (Fsp3) is 0.714. The zero-order valence-electron chi connectivity index (χ0n) is 40.5. The highest BCUT2D eigenvalue weighted by Crippen LogP contribution is 2.17. The average Bonchev–Trinajstić information content (AvgIpc) is 3.26. The Labute approximate surface area is 383 Å². The molecule has 0 aliphatic rings. The molecule has 356 valence electrons. The van der Waals surface area contributed by atoms with Gasteiger partial charge in [0.1, 0.15) is 6.10 Å². The van der Waals surface area contributed by atoms with Gasteiger partial charge in [-0.2, -0.15) is 0 Å². The molecule has 0 aliphatic carbocycles. The van der Waals surface area contributed by atoms with Gasteiger partial charge < -0.3 is 20.3 Å². The summed E-state index contributed by atoms with van der Waals surface area (Å²) in [6.07, 6.45) is 63.5. The molecule has 1 amide bonds. The van der Waals surface area contributed by atoms with E-state index in [-0.39, 0.29) is 24.9 Å². The molecule has 0 saturated carbocycles. The van der Waals surface area contributed by atoms with Crippen LogP contribution in [0.2, 0.25) is 0 Å². The molecule has 0 aliphatic heterocycles. The van der Waals surface area contributed by atoms with E-state index in [1.54, 1.807) is 0 Å². The molecule has 6 heteroatoms. The normalized spacial score (nSPS) is 14.0. The molecule has 3 atom stereocenters. The van der Waals surface area contributed by atoms with Crippen molar-refractivity contribution in [1.29, 1.82) is 0 Å². The summed E-state index contributed by atoms with van der Waals surface area (Å²) in [5.41, 5.74) is 0. The highest BCUT2D eigenvalue weighted by molar-refractivity contribution is 5.77. The van der Waals surface area contributed by atoms with Crippen molar-refractivity contribution in [3.63, 3.8) is 0 Å². The number of carbonyl (C=O) groups excluding carboxylic acids is 2. The van der Waals surface area contributed by atoms with Gasteiger partial charge in [-0.05, 0) is 83.5 Å². The van der Waals surface area contributed by atoms with Crippen LogP contribution in [0.4, 0.5) is 0 Å². The monoisotopic (exact) mass is 864 g/mol. The van der Waals surface area contributed by atoms with E-state index in [9.17, 15) is 19.8 Å². The fourth-order valence-corrected chi connectivity index (χ4v) is 7.40. The quantitative estimate of drug-likeness (QED) is 0.0245. The number of rotatable bonds is 45. The van der Waals surface area contributed by atoms with Gasteiger partial charge in [-0.1, -0.05) is 221 Å². The van der Waals surface area contributed by atoms with Crippen molar-refractivity contribution in [3.05, 3.63) is 85.1 Å². The molecule has 6 nitrogen and oxygen atoms in total. The van der Waals surface area contributed by atoms with Crippen molar-refractivity contribution < 1.29 is 24.5 Å². The third-order valence-corrected chi connectivity index (χ3v) is 11.3. The number of esters is 1. The van der Waals surface area contributed by atoms with Crippen molar-refractivity contribution in [3.8, 4) is 0 Å². The second-order valence-electron chi connectivity index (χ2n) is 17.3. The Morgan fingerprint density at radius 3 is 1.52 bits per heavy atom. The fourth-order valence-electron chi connectivity index (χ4n) is 7.40. The van der Waals surface area contributed by atoms with E-state index in [4.69, 9.17) is 4.74 Å². The number of nitrogens with one attached hydrogen (secondary N) is 1. The molecular formula is C56H97NO5. The lowest BCUT2D eigenvalue weighted by molar-refractivity contribution is -0.151. The minimum absolute atomic E-state index is 0.0422. The van der Waals surface area contributed by atoms with E-state index in [0.29, 0.717) is 19.3 Å². The standard InChI is InChI=1S/C56H97NO5/c1-4-7-10-13-16-19-22-24-26-28-30-33-35-38-41-44-47-52(62-56(61)49-46-43-40-37-34-31-29-27-25-23-20-17-14-11-8-5-2)50-55(60)57-53(51-58)54(59)48-45-42-39-36-32-21-18-15-12-9-6-3/h8,11,16-17,19-20,22,24-28,30,33,52-54,58-59H,4-7,9-10,12-15,18,21,23,29,31-32,34-51H2,1-3H3,(H,57,60)/b11-8+,19-16+,20-17+,24-22+,27-25+,28-26+,33-30+. The third kappa shape index (κ3) is 43.7. The van der Waals surface area contributed by atoms with Crippen molar-refractivity contribution >= 4 is 11.9 Å². The molecule has 0 fully saturated rings. The van der Waals surface area contributed by atoms with Gasteiger partial charge in [-0.3, -0.25) is 9.59 Å². The van der Waals surface area contributed by atoms with Crippen LogP contribution in [0.5, 0.6) is 0 Å². The molecule has 0 heterocycles. The van der Waals surface area contributed by atoms with E-state index in [1.165, 1.54) is 89.9 Å². The predicted octanol–water partition coefficient (Wildman–Crippen LogP) is 15.6. The molecule has 0 rings (SSSR count). The second-order valence-corrected chi connectivity index (χ2v) is 17.3. The van der Waals surface area contributed by atoms with Gasteiger partial charge in [0.25, 0.3) is 0 Å². The summed E-state index contributed by atoms with van der Waals surface area (Å²) in [7, 11) is 0. The first-order valence-electron chi connectivity index (χ1n) is 25.9. The number of aliphatic hydroxyl groups excluding tert-OH is 2. The van der Waals surface area contributed by atoms with E-state index < -0.39 is 18.2 Å². The summed E-state index contributed by atoms with van der Waals surface area (Å²) < 4.78 is 5.91. The first kappa shape index (κ1) is 59.0. The van der Waals surface area contributed by atoms with Crippen LogP contribution in [0.15, 0.2) is 85.1 Å². The smallest absolute Gasteiger partial charge is 0.306 e. The summed E-state index contributed by atoms with van der Waals surface area (Å²) >= 11 is 0. The number of aliphatic hydroxyl groups is 2. The van der Waals surface area contributed by atoms with Gasteiger partial charge in [0.15, 0.2) is 0 Å². The van der Waals surface area contributed by atoms with Crippen LogP contribution >= 0.6 is 0 Å². The number of hydrogen-bond acceptors (Lipinski definition) is 5. The van der Waals surface area contributed by atoms with Crippen LogP contribution in [0.3, 0.4) is 0 Å². The number of carbonyl (C=O) groups is 2. The maximum atomic E-state index is 13.2. The van der Waals surface area contributed by atoms with E-state index in [2.05, 4.69) is 105 Å². The third-order valence-electron chi connectivity index (χ3n) is 11.3. The van der Waals surface area contributed by atoms with Crippen molar-refractivity contribution in [2.45, 2.75) is 251 Å². The van der Waals surface area contributed by atoms with Crippen LogP contribution in [0.1, 0.15) is 233 Å². The highest BCUT2D eigenvalue weighted by atomic mass is 16.5. The van der Waals surface area contributed by atoms with Gasteiger partial charge in [-0.15, -0.1) is 0 Å². The number of amides is 1. The number of ether oxygens (including phenoxy) is 1. The SMILES string of the molecule is CC/C=C/C/C=C/C/C=C/CCCCCCCCC(=O)OC(CCCCC/C=C/C=C/C=C/C=C/CCCCC)CC(=O)NC(CO)C(O)CCCCCCCCCCCCC.